The molecule has 5 nitrogen and oxygen atoms in total. The van der Waals surface area contributed by atoms with Gasteiger partial charge in [-0.1, -0.05) is 0 Å². The lowest BCUT2D eigenvalue weighted by Crippen LogP contribution is -2.53. The fourth-order valence-corrected chi connectivity index (χ4v) is 5.46. The molecular weight excluding hydrogens is 288 g/mol. The molecule has 1 aromatic rings. The third kappa shape index (κ3) is 2.70. The Hall–Kier alpha value is -1.65. The van der Waals surface area contributed by atoms with Crippen LogP contribution in [0, 0.1) is 23.2 Å². The number of amides is 1. The van der Waals surface area contributed by atoms with Crippen molar-refractivity contribution in [2.75, 3.05) is 19.0 Å². The highest BCUT2D eigenvalue weighted by molar-refractivity contribution is 5.83. The predicted molar refractivity (Wildman–Crippen MR) is 88.8 cm³/mol. The van der Waals surface area contributed by atoms with Gasteiger partial charge in [-0.15, -0.1) is 0 Å². The molecule has 23 heavy (non-hydrogen) atoms. The number of carbonyl (C=O) groups excluding carboxylic acids is 1. The molecule has 1 amide bonds. The quantitative estimate of drug-likeness (QED) is 0.927. The summed E-state index contributed by atoms with van der Waals surface area (Å²) in [5.41, 5.74) is -0.0894. The molecule has 0 spiro atoms. The first kappa shape index (κ1) is 14.9. The van der Waals surface area contributed by atoms with Crippen LogP contribution >= 0.6 is 0 Å². The van der Waals surface area contributed by atoms with Crippen LogP contribution in [0.1, 0.15) is 44.3 Å². The molecule has 5 rings (SSSR count). The Morgan fingerprint density at radius 2 is 1.83 bits per heavy atom. The molecule has 124 valence electrons. The van der Waals surface area contributed by atoms with E-state index in [2.05, 4.69) is 15.3 Å². The molecule has 4 fully saturated rings. The van der Waals surface area contributed by atoms with Gasteiger partial charge in [0, 0.05) is 25.7 Å². The summed E-state index contributed by atoms with van der Waals surface area (Å²) < 4.78 is 0. The highest BCUT2D eigenvalue weighted by Crippen LogP contribution is 2.60. The van der Waals surface area contributed by atoms with Gasteiger partial charge < -0.3 is 10.2 Å². The zero-order valence-electron chi connectivity index (χ0n) is 14.1. The molecule has 1 heterocycles. The molecule has 4 aliphatic carbocycles. The SMILES string of the molecule is CN(C)c1ccnc(CNC(=O)C23CC4CC(CC(C4)C2)C3)n1. The van der Waals surface area contributed by atoms with E-state index in [4.69, 9.17) is 0 Å². The highest BCUT2D eigenvalue weighted by atomic mass is 16.2. The largest absolute Gasteiger partial charge is 0.363 e. The van der Waals surface area contributed by atoms with Crippen LogP contribution in [0.5, 0.6) is 0 Å². The van der Waals surface area contributed by atoms with E-state index >= 15 is 0 Å². The fourth-order valence-electron chi connectivity index (χ4n) is 5.46. The Labute approximate surface area is 137 Å². The molecule has 0 radical (unpaired) electrons. The summed E-state index contributed by atoms with van der Waals surface area (Å²) >= 11 is 0. The number of hydrogen-bond donors (Lipinski definition) is 1. The summed E-state index contributed by atoms with van der Waals surface area (Å²) in [4.78, 5) is 23.6. The minimum absolute atomic E-state index is 0.0894. The molecule has 0 aliphatic heterocycles. The zero-order chi connectivity index (χ0) is 16.0. The Bertz CT molecular complexity index is 578. The number of nitrogens with one attached hydrogen (secondary N) is 1. The average Bonchev–Trinajstić information content (AvgIpc) is 2.51. The summed E-state index contributed by atoms with van der Waals surface area (Å²) in [5.74, 6) is 4.18. The van der Waals surface area contributed by atoms with Crippen molar-refractivity contribution in [1.82, 2.24) is 15.3 Å². The van der Waals surface area contributed by atoms with Gasteiger partial charge in [0.25, 0.3) is 0 Å². The van der Waals surface area contributed by atoms with Crippen LogP contribution in [0.2, 0.25) is 0 Å². The van der Waals surface area contributed by atoms with Crippen molar-refractivity contribution in [2.24, 2.45) is 23.2 Å². The number of nitrogens with zero attached hydrogens (tertiary/aromatic N) is 3. The van der Waals surface area contributed by atoms with Crippen LogP contribution in [0.15, 0.2) is 12.3 Å². The van der Waals surface area contributed by atoms with E-state index in [1.54, 1.807) is 6.20 Å². The average molecular weight is 314 g/mol. The second-order valence-corrected chi connectivity index (χ2v) is 8.11. The maximum Gasteiger partial charge on any atom is 0.226 e. The van der Waals surface area contributed by atoms with Gasteiger partial charge in [-0.25, -0.2) is 9.97 Å². The Balaban J connectivity index is 1.43. The maximum absolute atomic E-state index is 12.9. The van der Waals surface area contributed by atoms with Crippen molar-refractivity contribution >= 4 is 11.7 Å². The molecule has 4 saturated carbocycles. The monoisotopic (exact) mass is 314 g/mol. The molecule has 0 aromatic carbocycles. The van der Waals surface area contributed by atoms with E-state index in [1.807, 2.05) is 25.1 Å². The topological polar surface area (TPSA) is 58.1 Å². The maximum atomic E-state index is 12.9. The minimum atomic E-state index is -0.0894. The Kier molecular flexibility index (Phi) is 3.54. The Morgan fingerprint density at radius 3 is 2.39 bits per heavy atom. The second kappa shape index (κ2) is 5.46. The number of anilines is 1. The summed E-state index contributed by atoms with van der Waals surface area (Å²) in [6.07, 6.45) is 9.15. The van der Waals surface area contributed by atoms with Crippen LogP contribution in [-0.2, 0) is 11.3 Å². The first-order chi connectivity index (χ1) is 11.0. The zero-order valence-corrected chi connectivity index (χ0v) is 14.1. The third-order valence-electron chi connectivity index (χ3n) is 6.08. The van der Waals surface area contributed by atoms with E-state index in [-0.39, 0.29) is 11.3 Å². The molecule has 0 atom stereocenters. The molecule has 0 saturated heterocycles. The number of aromatic nitrogens is 2. The standard InChI is InChI=1S/C18H26N4O/c1-22(2)16-3-4-19-15(21-16)11-20-17(23)18-8-12-5-13(9-18)7-14(6-12)10-18/h3-4,12-14H,5-11H2,1-2H3,(H,20,23). The van der Waals surface area contributed by atoms with Crippen LogP contribution < -0.4 is 10.2 Å². The summed E-state index contributed by atoms with van der Waals surface area (Å²) in [5, 5.41) is 3.14. The van der Waals surface area contributed by atoms with E-state index in [9.17, 15) is 4.79 Å². The molecule has 5 heteroatoms. The summed E-state index contributed by atoms with van der Waals surface area (Å²) in [6.45, 7) is 0.433. The number of hydrogen-bond acceptors (Lipinski definition) is 4. The number of carbonyl (C=O) groups is 1. The van der Waals surface area contributed by atoms with Crippen LogP contribution in [0.4, 0.5) is 5.82 Å². The Morgan fingerprint density at radius 1 is 1.22 bits per heavy atom. The van der Waals surface area contributed by atoms with Gasteiger partial charge in [-0.05, 0) is 62.3 Å². The van der Waals surface area contributed by atoms with Crippen molar-refractivity contribution in [3.8, 4) is 0 Å². The molecule has 1 aromatic heterocycles. The number of rotatable bonds is 4. The van der Waals surface area contributed by atoms with Gasteiger partial charge >= 0.3 is 0 Å². The molecule has 0 unspecified atom stereocenters. The van der Waals surface area contributed by atoms with E-state index in [0.717, 1.165) is 42.8 Å². The van der Waals surface area contributed by atoms with Crippen LogP contribution in [0.25, 0.3) is 0 Å². The van der Waals surface area contributed by atoms with Crippen LogP contribution in [0.3, 0.4) is 0 Å². The molecular formula is C18H26N4O. The summed E-state index contributed by atoms with van der Waals surface area (Å²) in [6, 6.07) is 1.88. The van der Waals surface area contributed by atoms with E-state index in [0.29, 0.717) is 12.4 Å². The first-order valence-electron chi connectivity index (χ1n) is 8.82. The van der Waals surface area contributed by atoms with Gasteiger partial charge in [0.05, 0.1) is 6.54 Å². The lowest BCUT2D eigenvalue weighted by atomic mass is 9.49. The lowest BCUT2D eigenvalue weighted by Gasteiger charge is -2.55. The van der Waals surface area contributed by atoms with Gasteiger partial charge in [0.15, 0.2) is 0 Å². The van der Waals surface area contributed by atoms with Crippen molar-refractivity contribution in [3.05, 3.63) is 18.1 Å². The van der Waals surface area contributed by atoms with E-state index in [1.165, 1.54) is 19.3 Å². The van der Waals surface area contributed by atoms with Gasteiger partial charge in [0.1, 0.15) is 11.6 Å². The van der Waals surface area contributed by atoms with Crippen molar-refractivity contribution in [3.63, 3.8) is 0 Å². The first-order valence-corrected chi connectivity index (χ1v) is 8.82. The van der Waals surface area contributed by atoms with Crippen molar-refractivity contribution < 1.29 is 4.79 Å². The smallest absolute Gasteiger partial charge is 0.226 e. The molecule has 1 N–H and O–H groups in total. The van der Waals surface area contributed by atoms with Crippen LogP contribution in [-0.4, -0.2) is 30.0 Å². The normalized spacial score (nSPS) is 34.4. The highest BCUT2D eigenvalue weighted by Gasteiger charge is 2.54. The second-order valence-electron chi connectivity index (χ2n) is 8.11. The van der Waals surface area contributed by atoms with Crippen molar-refractivity contribution in [2.45, 2.75) is 45.1 Å². The van der Waals surface area contributed by atoms with Gasteiger partial charge in [-0.2, -0.15) is 0 Å². The van der Waals surface area contributed by atoms with E-state index < -0.39 is 0 Å². The predicted octanol–water partition coefficient (Wildman–Crippen LogP) is 2.38. The molecule has 4 aliphatic rings. The van der Waals surface area contributed by atoms with Gasteiger partial charge in [0.2, 0.25) is 5.91 Å². The molecule has 4 bridgehead atoms. The lowest BCUT2D eigenvalue weighted by molar-refractivity contribution is -0.146. The third-order valence-corrected chi connectivity index (χ3v) is 6.08. The van der Waals surface area contributed by atoms with Gasteiger partial charge in [-0.3, -0.25) is 4.79 Å². The summed E-state index contributed by atoms with van der Waals surface area (Å²) in [7, 11) is 3.92. The minimum Gasteiger partial charge on any atom is -0.363 e. The van der Waals surface area contributed by atoms with Crippen molar-refractivity contribution in [1.29, 1.82) is 0 Å². The fraction of sp³-hybridized carbons (Fsp3) is 0.722.